The largest absolute Gasteiger partial charge is 0.387 e. The fourth-order valence-electron chi connectivity index (χ4n) is 6.85. The minimum atomic E-state index is -1.13. The molecule has 2 N–H and O–H groups in total. The van der Waals surface area contributed by atoms with E-state index in [1.807, 2.05) is 0 Å². The Kier molecular flexibility index (Phi) is 34.3. The highest BCUT2D eigenvalue weighted by Crippen LogP contribution is 2.26. The van der Waals surface area contributed by atoms with Crippen molar-refractivity contribution in [2.75, 3.05) is 33.0 Å². The van der Waals surface area contributed by atoms with Crippen molar-refractivity contribution in [2.24, 2.45) is 5.11 Å². The molecule has 1 heterocycles. The Bertz CT molecular complexity index is 754. The van der Waals surface area contributed by atoms with Crippen molar-refractivity contribution >= 4 is 0 Å². The lowest BCUT2D eigenvalue weighted by molar-refractivity contribution is -0.311. The third kappa shape index (κ3) is 26.8. The smallest absolute Gasteiger partial charge is 0.186 e. The van der Waals surface area contributed by atoms with Gasteiger partial charge < -0.3 is 29.2 Å². The standard InChI is InChI=1S/C41H81N3O6/c1-3-5-7-9-11-13-15-17-19-21-23-25-27-29-33-47-36-37-38(45)39(46)40(41(50-37)49-35-31-32-43-44-42)48-34-30-28-26-24-22-20-18-16-14-12-10-8-6-4-2/h37-41,45-46H,3-36H2,1-2H3/t37-,38+,39+,40-,41-/m1/s1. The van der Waals surface area contributed by atoms with Gasteiger partial charge in [-0.2, -0.15) is 0 Å². The van der Waals surface area contributed by atoms with Gasteiger partial charge in [-0.15, -0.1) is 0 Å². The summed E-state index contributed by atoms with van der Waals surface area (Å²) in [6, 6.07) is 0. The zero-order valence-electron chi connectivity index (χ0n) is 32.8. The highest BCUT2D eigenvalue weighted by atomic mass is 16.7. The van der Waals surface area contributed by atoms with Crippen LogP contribution in [0.15, 0.2) is 5.11 Å². The topological polar surface area (TPSA) is 126 Å². The second-order valence-electron chi connectivity index (χ2n) is 14.8. The van der Waals surface area contributed by atoms with Crippen LogP contribution in [0.25, 0.3) is 10.4 Å². The average molecular weight is 712 g/mol. The van der Waals surface area contributed by atoms with Crippen molar-refractivity contribution in [1.29, 1.82) is 0 Å². The monoisotopic (exact) mass is 712 g/mol. The molecule has 9 nitrogen and oxygen atoms in total. The van der Waals surface area contributed by atoms with Crippen LogP contribution < -0.4 is 0 Å². The van der Waals surface area contributed by atoms with Gasteiger partial charge in [-0.25, -0.2) is 0 Å². The molecule has 1 aliphatic rings. The normalized spacial score (nSPS) is 20.7. The fourth-order valence-corrected chi connectivity index (χ4v) is 6.85. The van der Waals surface area contributed by atoms with Gasteiger partial charge in [0.2, 0.25) is 0 Å². The van der Waals surface area contributed by atoms with Gasteiger partial charge in [0, 0.05) is 31.3 Å². The summed E-state index contributed by atoms with van der Waals surface area (Å²) in [7, 11) is 0. The zero-order chi connectivity index (χ0) is 36.2. The number of hydrogen-bond acceptors (Lipinski definition) is 7. The molecule has 0 bridgehead atoms. The summed E-state index contributed by atoms with van der Waals surface area (Å²) in [5, 5.41) is 25.4. The van der Waals surface area contributed by atoms with Crippen molar-refractivity contribution in [1.82, 2.24) is 0 Å². The van der Waals surface area contributed by atoms with Crippen LogP contribution in [0.1, 0.15) is 200 Å². The van der Waals surface area contributed by atoms with Crippen LogP contribution in [0, 0.1) is 0 Å². The van der Waals surface area contributed by atoms with Gasteiger partial charge in [0.05, 0.1) is 6.61 Å². The van der Waals surface area contributed by atoms with Gasteiger partial charge in [0.15, 0.2) is 6.29 Å². The Hall–Kier alpha value is -0.930. The van der Waals surface area contributed by atoms with Crippen molar-refractivity contribution in [2.45, 2.75) is 231 Å². The molecular formula is C41H81N3O6. The molecule has 0 saturated carbocycles. The second kappa shape index (κ2) is 36.4. The maximum Gasteiger partial charge on any atom is 0.186 e. The van der Waals surface area contributed by atoms with E-state index in [1.165, 1.54) is 154 Å². The number of azide groups is 1. The number of rotatable bonds is 38. The summed E-state index contributed by atoms with van der Waals surface area (Å²) in [5.41, 5.74) is 8.55. The van der Waals surface area contributed by atoms with E-state index < -0.39 is 30.7 Å². The molecule has 0 aliphatic carbocycles. The Morgan fingerprint density at radius 2 is 0.920 bits per heavy atom. The van der Waals surface area contributed by atoms with Crippen molar-refractivity contribution in [3.8, 4) is 0 Å². The van der Waals surface area contributed by atoms with Gasteiger partial charge in [0.25, 0.3) is 0 Å². The molecule has 0 aromatic rings. The van der Waals surface area contributed by atoms with Crippen LogP contribution in [-0.2, 0) is 18.9 Å². The van der Waals surface area contributed by atoms with Crippen LogP contribution in [-0.4, -0.2) is 73.9 Å². The minimum Gasteiger partial charge on any atom is -0.387 e. The zero-order valence-corrected chi connectivity index (χ0v) is 32.8. The lowest BCUT2D eigenvalue weighted by Crippen LogP contribution is -2.60. The van der Waals surface area contributed by atoms with E-state index in [1.54, 1.807) is 0 Å². The molecule has 0 amide bonds. The molecule has 50 heavy (non-hydrogen) atoms. The van der Waals surface area contributed by atoms with E-state index in [-0.39, 0.29) is 6.61 Å². The summed E-state index contributed by atoms with van der Waals surface area (Å²) in [5.74, 6) is 0. The van der Waals surface area contributed by atoms with Gasteiger partial charge >= 0.3 is 0 Å². The van der Waals surface area contributed by atoms with Crippen molar-refractivity contribution in [3.05, 3.63) is 10.4 Å². The van der Waals surface area contributed by atoms with E-state index in [0.29, 0.717) is 32.8 Å². The number of nitrogens with zero attached hydrogens (tertiary/aromatic N) is 3. The summed E-state index contributed by atoms with van der Waals surface area (Å²) in [4.78, 5) is 2.79. The first-order valence-corrected chi connectivity index (χ1v) is 21.5. The molecule has 296 valence electrons. The van der Waals surface area contributed by atoms with Gasteiger partial charge in [-0.3, -0.25) is 0 Å². The molecule has 1 aliphatic heterocycles. The van der Waals surface area contributed by atoms with Gasteiger partial charge in [0.1, 0.15) is 24.4 Å². The second-order valence-corrected chi connectivity index (χ2v) is 14.8. The first-order valence-electron chi connectivity index (χ1n) is 21.5. The lowest BCUT2D eigenvalue weighted by atomic mass is 9.99. The third-order valence-electron chi connectivity index (χ3n) is 10.1. The lowest BCUT2D eigenvalue weighted by Gasteiger charge is -2.42. The Balaban J connectivity index is 2.21. The predicted molar refractivity (Wildman–Crippen MR) is 206 cm³/mol. The molecule has 0 aromatic carbocycles. The minimum absolute atomic E-state index is 0.195. The molecule has 9 heteroatoms. The molecule has 1 fully saturated rings. The van der Waals surface area contributed by atoms with Crippen LogP contribution in [0.3, 0.4) is 0 Å². The fraction of sp³-hybridized carbons (Fsp3) is 1.00. The molecule has 0 radical (unpaired) electrons. The Morgan fingerprint density at radius 1 is 0.520 bits per heavy atom. The predicted octanol–water partition coefficient (Wildman–Crippen LogP) is 11.5. The first-order chi connectivity index (χ1) is 24.7. The number of unbranched alkanes of at least 4 members (excludes halogenated alkanes) is 26. The van der Waals surface area contributed by atoms with Crippen LogP contribution in [0.2, 0.25) is 0 Å². The number of hydrogen-bond donors (Lipinski definition) is 2. The van der Waals surface area contributed by atoms with Gasteiger partial charge in [-0.05, 0) is 24.8 Å². The first kappa shape index (κ1) is 47.1. The quantitative estimate of drug-likeness (QED) is 0.0284. The number of aliphatic hydroxyl groups excluding tert-OH is 2. The molecule has 0 aromatic heterocycles. The van der Waals surface area contributed by atoms with E-state index in [2.05, 4.69) is 23.9 Å². The highest BCUT2D eigenvalue weighted by Gasteiger charge is 2.45. The van der Waals surface area contributed by atoms with Crippen LogP contribution in [0.4, 0.5) is 0 Å². The molecule has 0 unspecified atom stereocenters. The summed E-state index contributed by atoms with van der Waals surface area (Å²) in [6.45, 7) is 6.45. The average Bonchev–Trinajstić information content (AvgIpc) is 3.12. The molecule has 1 saturated heterocycles. The number of aliphatic hydroxyl groups is 2. The van der Waals surface area contributed by atoms with Crippen LogP contribution >= 0.6 is 0 Å². The Labute approximate surface area is 308 Å². The SMILES string of the molecule is CCCCCCCCCCCCCCCCOC[C@H]1O[C@@H](OCCCN=[N+]=[N-])[C@H](OCCCCCCCCCCCCCCCC)[C@@H](O)[C@H]1O. The maximum absolute atomic E-state index is 11.0. The van der Waals surface area contributed by atoms with E-state index in [4.69, 9.17) is 24.5 Å². The van der Waals surface area contributed by atoms with Crippen LogP contribution in [0.5, 0.6) is 0 Å². The maximum atomic E-state index is 11.0. The summed E-state index contributed by atoms with van der Waals surface area (Å²) in [6.07, 6.45) is 32.4. The molecular weight excluding hydrogens is 630 g/mol. The number of ether oxygens (including phenoxy) is 4. The summed E-state index contributed by atoms with van der Waals surface area (Å²) < 4.78 is 24.0. The van der Waals surface area contributed by atoms with Gasteiger partial charge in [-0.1, -0.05) is 186 Å². The molecule has 0 spiro atoms. The highest BCUT2D eigenvalue weighted by molar-refractivity contribution is 4.90. The van der Waals surface area contributed by atoms with E-state index in [9.17, 15) is 10.2 Å². The third-order valence-corrected chi connectivity index (χ3v) is 10.1. The van der Waals surface area contributed by atoms with E-state index in [0.717, 1.165) is 25.7 Å². The molecule has 1 rings (SSSR count). The van der Waals surface area contributed by atoms with E-state index >= 15 is 0 Å². The Morgan fingerprint density at radius 3 is 1.36 bits per heavy atom. The van der Waals surface area contributed by atoms with Crippen molar-refractivity contribution < 1.29 is 29.2 Å². The van der Waals surface area contributed by atoms with Crippen molar-refractivity contribution in [3.63, 3.8) is 0 Å². The summed E-state index contributed by atoms with van der Waals surface area (Å²) >= 11 is 0. The molecule has 5 atom stereocenters.